The third-order valence-electron chi connectivity index (χ3n) is 1.80. The smallest absolute Gasteiger partial charge is 0.264 e. The van der Waals surface area contributed by atoms with Crippen LogP contribution in [0, 0.1) is 0 Å². The quantitative estimate of drug-likeness (QED) is 0.738. The van der Waals surface area contributed by atoms with Gasteiger partial charge >= 0.3 is 0 Å². The summed E-state index contributed by atoms with van der Waals surface area (Å²) < 4.78 is 30.9. The van der Waals surface area contributed by atoms with Crippen LogP contribution in [-0.2, 0) is 20.9 Å². The van der Waals surface area contributed by atoms with Crippen LogP contribution in [0.25, 0.3) is 11.4 Å². The molecule has 2 rings (SSSR count). The fourth-order valence-electron chi connectivity index (χ4n) is 1.09. The van der Waals surface area contributed by atoms with Crippen LogP contribution in [0.5, 0.6) is 0 Å². The number of aromatic nitrogens is 3. The van der Waals surface area contributed by atoms with E-state index < -0.39 is 10.1 Å². The Morgan fingerprint density at radius 1 is 1.35 bits per heavy atom. The zero-order chi connectivity index (χ0) is 12.3. The van der Waals surface area contributed by atoms with Crippen LogP contribution in [0.3, 0.4) is 0 Å². The van der Waals surface area contributed by atoms with E-state index in [-0.39, 0.29) is 12.5 Å². The molecular weight excluding hydrogens is 246 g/mol. The molecule has 0 N–H and O–H groups in total. The van der Waals surface area contributed by atoms with Crippen molar-refractivity contribution in [1.82, 2.24) is 15.1 Å². The Kier molecular flexibility index (Phi) is 3.16. The van der Waals surface area contributed by atoms with Gasteiger partial charge in [-0.25, -0.2) is 0 Å². The van der Waals surface area contributed by atoms with Crippen LogP contribution in [0.1, 0.15) is 5.89 Å². The van der Waals surface area contributed by atoms with Gasteiger partial charge in [0.15, 0.2) is 0 Å². The molecule has 0 bridgehead atoms. The van der Waals surface area contributed by atoms with E-state index in [2.05, 4.69) is 19.3 Å². The van der Waals surface area contributed by atoms with E-state index in [9.17, 15) is 8.42 Å². The molecule has 0 spiro atoms. The molecule has 8 heteroatoms. The van der Waals surface area contributed by atoms with Gasteiger partial charge in [0.2, 0.25) is 5.82 Å². The maximum atomic E-state index is 10.8. The van der Waals surface area contributed by atoms with Gasteiger partial charge in [0.25, 0.3) is 16.0 Å². The van der Waals surface area contributed by atoms with Gasteiger partial charge < -0.3 is 4.52 Å². The highest BCUT2D eigenvalue weighted by molar-refractivity contribution is 7.85. The molecule has 0 aliphatic heterocycles. The predicted octanol–water partition coefficient (Wildman–Crippen LogP) is 0.608. The normalized spacial score (nSPS) is 11.6. The van der Waals surface area contributed by atoms with E-state index in [1.165, 1.54) is 0 Å². The van der Waals surface area contributed by atoms with Crippen LogP contribution in [-0.4, -0.2) is 29.8 Å². The molecule has 0 unspecified atom stereocenters. The SMILES string of the molecule is CS(=O)(=O)OCc1nc(-c2ccncc2)no1. The summed E-state index contributed by atoms with van der Waals surface area (Å²) >= 11 is 0. The Bertz CT molecular complexity index is 594. The topological polar surface area (TPSA) is 95.2 Å². The summed E-state index contributed by atoms with van der Waals surface area (Å²) in [6, 6.07) is 3.43. The van der Waals surface area contributed by atoms with E-state index in [0.29, 0.717) is 5.82 Å². The molecule has 2 aromatic heterocycles. The average molecular weight is 255 g/mol. The van der Waals surface area contributed by atoms with Gasteiger partial charge in [0.1, 0.15) is 6.61 Å². The van der Waals surface area contributed by atoms with Gasteiger partial charge in [0, 0.05) is 18.0 Å². The monoisotopic (exact) mass is 255 g/mol. The molecule has 0 saturated heterocycles. The van der Waals surface area contributed by atoms with Gasteiger partial charge in [-0.2, -0.15) is 13.4 Å². The Morgan fingerprint density at radius 3 is 2.71 bits per heavy atom. The standard InChI is InChI=1S/C9H9N3O4S/c1-17(13,14)15-6-8-11-9(12-16-8)7-2-4-10-5-3-7/h2-5H,6H2,1H3. The van der Waals surface area contributed by atoms with Crippen molar-refractivity contribution in [2.75, 3.05) is 6.26 Å². The first-order valence-electron chi connectivity index (χ1n) is 4.62. The Hall–Kier alpha value is -1.80. The van der Waals surface area contributed by atoms with Crippen molar-refractivity contribution in [3.05, 3.63) is 30.4 Å². The molecule has 0 aliphatic carbocycles. The van der Waals surface area contributed by atoms with Gasteiger partial charge in [0.05, 0.1) is 6.26 Å². The van der Waals surface area contributed by atoms with Gasteiger partial charge in [-0.3, -0.25) is 9.17 Å². The summed E-state index contributed by atoms with van der Waals surface area (Å²) in [5.41, 5.74) is 0.731. The summed E-state index contributed by atoms with van der Waals surface area (Å²) in [5, 5.41) is 3.70. The highest BCUT2D eigenvalue weighted by Crippen LogP contribution is 2.14. The van der Waals surface area contributed by atoms with Crippen LogP contribution in [0.15, 0.2) is 29.0 Å². The lowest BCUT2D eigenvalue weighted by Crippen LogP contribution is -2.02. The zero-order valence-electron chi connectivity index (χ0n) is 8.90. The second-order valence-corrected chi connectivity index (χ2v) is 4.86. The molecule has 90 valence electrons. The third kappa shape index (κ3) is 3.33. The first-order chi connectivity index (χ1) is 8.04. The molecule has 2 aromatic rings. The molecule has 17 heavy (non-hydrogen) atoms. The largest absolute Gasteiger partial charge is 0.336 e. The van der Waals surface area contributed by atoms with Gasteiger partial charge in [-0.15, -0.1) is 0 Å². The van der Waals surface area contributed by atoms with Crippen molar-refractivity contribution in [3.8, 4) is 11.4 Å². The lowest BCUT2D eigenvalue weighted by Gasteiger charge is -1.94. The van der Waals surface area contributed by atoms with Crippen molar-refractivity contribution < 1.29 is 17.1 Å². The maximum Gasteiger partial charge on any atom is 0.264 e. The fourth-order valence-corrected chi connectivity index (χ4v) is 1.40. The minimum atomic E-state index is -3.52. The number of hydrogen-bond acceptors (Lipinski definition) is 7. The van der Waals surface area contributed by atoms with Crippen LogP contribution >= 0.6 is 0 Å². The molecule has 2 heterocycles. The molecule has 0 radical (unpaired) electrons. The summed E-state index contributed by atoms with van der Waals surface area (Å²) in [7, 11) is -3.52. The maximum absolute atomic E-state index is 10.8. The summed E-state index contributed by atoms with van der Waals surface area (Å²) in [6.07, 6.45) is 4.14. The molecule has 0 saturated carbocycles. The minimum absolute atomic E-state index is 0.0993. The first kappa shape index (κ1) is 11.7. The highest BCUT2D eigenvalue weighted by atomic mass is 32.2. The molecule has 0 aliphatic rings. The van der Waals surface area contributed by atoms with E-state index in [0.717, 1.165) is 11.8 Å². The van der Waals surface area contributed by atoms with Crippen molar-refractivity contribution in [1.29, 1.82) is 0 Å². The summed E-state index contributed by atoms with van der Waals surface area (Å²) in [6.45, 7) is -0.267. The van der Waals surface area contributed by atoms with E-state index in [4.69, 9.17) is 4.52 Å². The zero-order valence-corrected chi connectivity index (χ0v) is 9.72. The third-order valence-corrected chi connectivity index (χ3v) is 2.35. The lowest BCUT2D eigenvalue weighted by atomic mass is 10.2. The molecule has 0 atom stereocenters. The second kappa shape index (κ2) is 4.60. The Labute approximate surface area is 97.6 Å². The van der Waals surface area contributed by atoms with Crippen LogP contribution in [0.2, 0.25) is 0 Å². The van der Waals surface area contributed by atoms with Crippen molar-refractivity contribution in [3.63, 3.8) is 0 Å². The number of hydrogen-bond donors (Lipinski definition) is 0. The molecule has 0 fully saturated rings. The van der Waals surface area contributed by atoms with Crippen molar-refractivity contribution in [2.24, 2.45) is 0 Å². The second-order valence-electron chi connectivity index (χ2n) is 3.21. The van der Waals surface area contributed by atoms with Crippen LogP contribution in [0.4, 0.5) is 0 Å². The average Bonchev–Trinajstić information content (AvgIpc) is 2.75. The van der Waals surface area contributed by atoms with E-state index in [1.54, 1.807) is 24.5 Å². The van der Waals surface area contributed by atoms with Gasteiger partial charge in [-0.1, -0.05) is 5.16 Å². The fraction of sp³-hybridized carbons (Fsp3) is 0.222. The summed E-state index contributed by atoms with van der Waals surface area (Å²) in [4.78, 5) is 7.84. The molecule has 7 nitrogen and oxygen atoms in total. The van der Waals surface area contributed by atoms with E-state index >= 15 is 0 Å². The molecule has 0 aromatic carbocycles. The van der Waals surface area contributed by atoms with Crippen LogP contribution < -0.4 is 0 Å². The number of pyridine rings is 1. The molecule has 0 amide bonds. The van der Waals surface area contributed by atoms with E-state index in [1.807, 2.05) is 0 Å². The summed E-state index contributed by atoms with van der Waals surface area (Å²) in [5.74, 6) is 0.460. The first-order valence-corrected chi connectivity index (χ1v) is 6.43. The van der Waals surface area contributed by atoms with Crippen molar-refractivity contribution >= 4 is 10.1 Å². The lowest BCUT2D eigenvalue weighted by molar-refractivity contribution is 0.249. The Balaban J connectivity index is 2.12. The van der Waals surface area contributed by atoms with Gasteiger partial charge in [-0.05, 0) is 12.1 Å². The highest BCUT2D eigenvalue weighted by Gasteiger charge is 2.11. The molecular formula is C9H9N3O4S. The van der Waals surface area contributed by atoms with Crippen molar-refractivity contribution in [2.45, 2.75) is 6.61 Å². The Morgan fingerprint density at radius 2 is 2.06 bits per heavy atom. The predicted molar refractivity (Wildman–Crippen MR) is 57.2 cm³/mol. The number of nitrogens with zero attached hydrogens (tertiary/aromatic N) is 3. The minimum Gasteiger partial charge on any atom is -0.336 e. The number of rotatable bonds is 4.